The molecule has 1 atom stereocenters. The van der Waals surface area contributed by atoms with Crippen molar-refractivity contribution < 1.29 is 13.9 Å². The van der Waals surface area contributed by atoms with Crippen LogP contribution >= 0.6 is 0 Å². The number of halogens is 1. The summed E-state index contributed by atoms with van der Waals surface area (Å²) in [5.41, 5.74) is 7.03. The number of carbonyl (C=O) groups is 1. The molecule has 0 fully saturated rings. The van der Waals surface area contributed by atoms with Crippen molar-refractivity contribution in [2.24, 2.45) is 0 Å². The van der Waals surface area contributed by atoms with Crippen LogP contribution in [0, 0.1) is 5.82 Å². The zero-order valence-corrected chi connectivity index (χ0v) is 11.7. The predicted molar refractivity (Wildman–Crippen MR) is 79.3 cm³/mol. The molecule has 5 heteroatoms. The van der Waals surface area contributed by atoms with Gasteiger partial charge in [0.25, 0.3) is 5.91 Å². The number of nitrogens with two attached hydrogens (primary N) is 1. The zero-order chi connectivity index (χ0) is 15.2. The molecule has 1 unspecified atom stereocenters. The molecule has 2 aromatic carbocycles. The summed E-state index contributed by atoms with van der Waals surface area (Å²) in [6, 6.07) is 12.7. The summed E-state index contributed by atoms with van der Waals surface area (Å²) in [6.07, 6.45) is 0. The van der Waals surface area contributed by atoms with Crippen molar-refractivity contribution in [2.75, 3.05) is 12.3 Å². The van der Waals surface area contributed by atoms with Crippen LogP contribution in [-0.2, 0) is 4.79 Å². The molecule has 0 bridgehead atoms. The second-order valence-corrected chi connectivity index (χ2v) is 4.70. The summed E-state index contributed by atoms with van der Waals surface area (Å²) in [6.45, 7) is 1.72. The van der Waals surface area contributed by atoms with Crippen molar-refractivity contribution in [1.29, 1.82) is 0 Å². The zero-order valence-electron chi connectivity index (χ0n) is 11.7. The number of rotatable bonds is 5. The Morgan fingerprint density at radius 3 is 2.67 bits per heavy atom. The van der Waals surface area contributed by atoms with Gasteiger partial charge in [-0.15, -0.1) is 0 Å². The topological polar surface area (TPSA) is 64.3 Å². The second kappa shape index (κ2) is 6.74. The van der Waals surface area contributed by atoms with Gasteiger partial charge >= 0.3 is 0 Å². The fraction of sp³-hybridized carbons (Fsp3) is 0.188. The fourth-order valence-electron chi connectivity index (χ4n) is 1.87. The molecule has 4 nitrogen and oxygen atoms in total. The van der Waals surface area contributed by atoms with E-state index in [1.54, 1.807) is 36.4 Å². The van der Waals surface area contributed by atoms with Gasteiger partial charge in [-0.3, -0.25) is 4.79 Å². The summed E-state index contributed by atoms with van der Waals surface area (Å²) in [7, 11) is 0. The molecular weight excluding hydrogens is 271 g/mol. The molecule has 0 radical (unpaired) electrons. The number of carbonyl (C=O) groups excluding carboxylic acids is 1. The Morgan fingerprint density at radius 1 is 1.29 bits per heavy atom. The minimum absolute atomic E-state index is 0.102. The van der Waals surface area contributed by atoms with Crippen molar-refractivity contribution in [3.8, 4) is 5.75 Å². The van der Waals surface area contributed by atoms with Crippen LogP contribution in [0.25, 0.3) is 0 Å². The second-order valence-electron chi connectivity index (χ2n) is 4.70. The minimum atomic E-state index is -0.303. The highest BCUT2D eigenvalue weighted by molar-refractivity contribution is 5.78. The molecule has 0 aliphatic heterocycles. The maximum absolute atomic E-state index is 12.8. The van der Waals surface area contributed by atoms with E-state index >= 15 is 0 Å². The average molecular weight is 288 g/mol. The van der Waals surface area contributed by atoms with Crippen molar-refractivity contribution in [2.45, 2.75) is 13.0 Å². The number of anilines is 1. The molecule has 0 spiro atoms. The van der Waals surface area contributed by atoms with Gasteiger partial charge in [-0.25, -0.2) is 4.39 Å². The monoisotopic (exact) mass is 288 g/mol. The smallest absolute Gasteiger partial charge is 0.258 e. The van der Waals surface area contributed by atoms with Gasteiger partial charge < -0.3 is 15.8 Å². The largest absolute Gasteiger partial charge is 0.484 e. The van der Waals surface area contributed by atoms with E-state index in [0.717, 1.165) is 5.56 Å². The molecule has 0 saturated heterocycles. The van der Waals surface area contributed by atoms with Gasteiger partial charge in [0, 0.05) is 11.8 Å². The van der Waals surface area contributed by atoms with Gasteiger partial charge in [-0.1, -0.05) is 18.2 Å². The van der Waals surface area contributed by atoms with Crippen molar-refractivity contribution in [1.82, 2.24) is 5.32 Å². The number of hydrogen-bond donors (Lipinski definition) is 2. The summed E-state index contributed by atoms with van der Waals surface area (Å²) in [4.78, 5) is 11.8. The third kappa shape index (κ3) is 4.49. The highest BCUT2D eigenvalue weighted by Gasteiger charge is 2.10. The molecule has 0 aliphatic rings. The standard InChI is InChI=1S/C16H17FN2O2/c1-11(12-5-7-13(17)8-6-12)19-16(20)10-21-15-4-2-3-14(18)9-15/h2-9,11H,10,18H2,1H3,(H,19,20). The van der Waals surface area contributed by atoms with Crippen LogP contribution in [0.1, 0.15) is 18.5 Å². The van der Waals surface area contributed by atoms with E-state index in [1.807, 2.05) is 6.92 Å². The van der Waals surface area contributed by atoms with E-state index in [-0.39, 0.29) is 24.4 Å². The van der Waals surface area contributed by atoms with Crippen molar-refractivity contribution >= 4 is 11.6 Å². The summed E-state index contributed by atoms with van der Waals surface area (Å²) in [5, 5.41) is 2.78. The number of nitrogen functional groups attached to an aromatic ring is 1. The van der Waals surface area contributed by atoms with E-state index in [4.69, 9.17) is 10.5 Å². The molecule has 0 heterocycles. The number of nitrogens with one attached hydrogen (secondary N) is 1. The first-order chi connectivity index (χ1) is 10.0. The average Bonchev–Trinajstić information content (AvgIpc) is 2.46. The fourth-order valence-corrected chi connectivity index (χ4v) is 1.87. The van der Waals surface area contributed by atoms with Crippen LogP contribution in [0.15, 0.2) is 48.5 Å². The first-order valence-corrected chi connectivity index (χ1v) is 6.58. The molecular formula is C16H17FN2O2. The van der Waals surface area contributed by atoms with E-state index in [1.165, 1.54) is 12.1 Å². The number of ether oxygens (including phenoxy) is 1. The van der Waals surface area contributed by atoms with Gasteiger partial charge in [0.2, 0.25) is 0 Å². The molecule has 2 rings (SSSR count). The molecule has 21 heavy (non-hydrogen) atoms. The van der Waals surface area contributed by atoms with E-state index in [0.29, 0.717) is 11.4 Å². The lowest BCUT2D eigenvalue weighted by molar-refractivity contribution is -0.123. The van der Waals surface area contributed by atoms with Crippen molar-refractivity contribution in [3.63, 3.8) is 0 Å². The Kier molecular flexibility index (Phi) is 4.77. The molecule has 0 saturated carbocycles. The Bertz CT molecular complexity index is 614. The van der Waals surface area contributed by atoms with Crippen LogP contribution in [0.3, 0.4) is 0 Å². The van der Waals surface area contributed by atoms with Gasteiger partial charge in [0.15, 0.2) is 6.61 Å². The lowest BCUT2D eigenvalue weighted by Crippen LogP contribution is -2.31. The molecule has 0 aromatic heterocycles. The molecule has 110 valence electrons. The highest BCUT2D eigenvalue weighted by Crippen LogP contribution is 2.15. The summed E-state index contributed by atoms with van der Waals surface area (Å²) in [5.74, 6) is -0.0175. The SMILES string of the molecule is CC(NC(=O)COc1cccc(N)c1)c1ccc(F)cc1. The number of benzene rings is 2. The predicted octanol–water partition coefficient (Wildman–Crippen LogP) is 2.66. The molecule has 2 aromatic rings. The highest BCUT2D eigenvalue weighted by atomic mass is 19.1. The quantitative estimate of drug-likeness (QED) is 0.831. The number of amides is 1. The normalized spacial score (nSPS) is 11.7. The van der Waals surface area contributed by atoms with Crippen molar-refractivity contribution in [3.05, 3.63) is 59.9 Å². The van der Waals surface area contributed by atoms with Gasteiger partial charge in [0.05, 0.1) is 6.04 Å². The summed E-state index contributed by atoms with van der Waals surface area (Å²) < 4.78 is 18.2. The maximum atomic E-state index is 12.8. The first-order valence-electron chi connectivity index (χ1n) is 6.58. The Hall–Kier alpha value is -2.56. The van der Waals surface area contributed by atoms with E-state index in [9.17, 15) is 9.18 Å². The van der Waals surface area contributed by atoms with Crippen LogP contribution in [0.4, 0.5) is 10.1 Å². The van der Waals surface area contributed by atoms with Crippen LogP contribution < -0.4 is 15.8 Å². The van der Waals surface area contributed by atoms with Gasteiger partial charge in [-0.2, -0.15) is 0 Å². The molecule has 1 amide bonds. The molecule has 0 aliphatic carbocycles. The van der Waals surface area contributed by atoms with E-state index in [2.05, 4.69) is 5.32 Å². The Balaban J connectivity index is 1.85. The lowest BCUT2D eigenvalue weighted by atomic mass is 10.1. The third-order valence-electron chi connectivity index (χ3n) is 2.98. The Labute approximate surface area is 122 Å². The van der Waals surface area contributed by atoms with Gasteiger partial charge in [-0.05, 0) is 36.8 Å². The van der Waals surface area contributed by atoms with Crippen LogP contribution in [0.2, 0.25) is 0 Å². The van der Waals surface area contributed by atoms with Crippen LogP contribution in [-0.4, -0.2) is 12.5 Å². The van der Waals surface area contributed by atoms with Crippen LogP contribution in [0.5, 0.6) is 5.75 Å². The maximum Gasteiger partial charge on any atom is 0.258 e. The first kappa shape index (κ1) is 14.8. The lowest BCUT2D eigenvalue weighted by Gasteiger charge is -2.14. The van der Waals surface area contributed by atoms with E-state index < -0.39 is 0 Å². The summed E-state index contributed by atoms with van der Waals surface area (Å²) >= 11 is 0. The third-order valence-corrected chi connectivity index (χ3v) is 2.98. The van der Waals surface area contributed by atoms with Gasteiger partial charge in [0.1, 0.15) is 11.6 Å². The number of hydrogen-bond acceptors (Lipinski definition) is 3. The molecule has 3 N–H and O–H groups in total. The minimum Gasteiger partial charge on any atom is -0.484 e. The Morgan fingerprint density at radius 2 is 2.00 bits per heavy atom.